The summed E-state index contributed by atoms with van der Waals surface area (Å²) < 4.78 is 37.5. The van der Waals surface area contributed by atoms with E-state index in [1.54, 1.807) is 4.90 Å². The van der Waals surface area contributed by atoms with Crippen molar-refractivity contribution in [2.24, 2.45) is 0 Å². The Bertz CT molecular complexity index is 823. The Morgan fingerprint density at radius 1 is 1.03 bits per heavy atom. The van der Waals surface area contributed by atoms with Crippen molar-refractivity contribution in [2.45, 2.75) is 50.2 Å². The number of sulfonamides is 1. The second-order valence-corrected chi connectivity index (χ2v) is 9.56. The van der Waals surface area contributed by atoms with Gasteiger partial charge in [0.05, 0.1) is 22.7 Å². The Morgan fingerprint density at radius 2 is 1.62 bits per heavy atom. The minimum absolute atomic E-state index is 0.0622. The minimum atomic E-state index is -3.55. The van der Waals surface area contributed by atoms with E-state index in [2.05, 4.69) is 0 Å². The van der Waals surface area contributed by atoms with Gasteiger partial charge in [0.1, 0.15) is 0 Å². The molecule has 2 aliphatic rings. The standard InChI is InChI=1S/C20H28N2O6S/c1-15-12-21(13-16(2)28-15)19(23)14-27-20(24)17-6-8-18(9-7-17)29(25,26)22-10-4-3-5-11-22/h6-9,15-16H,3-5,10-14H2,1-2H3/t15-,16-/m0/s1. The molecule has 1 aromatic rings. The molecular weight excluding hydrogens is 396 g/mol. The highest BCUT2D eigenvalue weighted by Crippen LogP contribution is 2.21. The van der Waals surface area contributed by atoms with Crippen LogP contribution in [0.25, 0.3) is 0 Å². The number of carbonyl (C=O) groups is 2. The van der Waals surface area contributed by atoms with Crippen molar-refractivity contribution in [3.63, 3.8) is 0 Å². The van der Waals surface area contributed by atoms with E-state index >= 15 is 0 Å². The second kappa shape index (κ2) is 9.23. The Hall–Kier alpha value is -1.97. The number of nitrogens with zero attached hydrogens (tertiary/aromatic N) is 2. The van der Waals surface area contributed by atoms with E-state index in [4.69, 9.17) is 9.47 Å². The van der Waals surface area contributed by atoms with Crippen LogP contribution in [0.15, 0.2) is 29.2 Å². The molecule has 2 aliphatic heterocycles. The molecule has 160 valence electrons. The average molecular weight is 425 g/mol. The number of morpholine rings is 1. The summed E-state index contributed by atoms with van der Waals surface area (Å²) in [5, 5.41) is 0. The van der Waals surface area contributed by atoms with Gasteiger partial charge >= 0.3 is 5.97 Å². The molecule has 0 unspecified atom stereocenters. The molecule has 8 nitrogen and oxygen atoms in total. The van der Waals surface area contributed by atoms with Crippen LogP contribution < -0.4 is 0 Å². The number of ether oxygens (including phenoxy) is 2. The topological polar surface area (TPSA) is 93.2 Å². The van der Waals surface area contributed by atoms with Gasteiger partial charge in [0.2, 0.25) is 10.0 Å². The summed E-state index contributed by atoms with van der Waals surface area (Å²) in [5.74, 6) is -0.931. The van der Waals surface area contributed by atoms with Gasteiger partial charge in [-0.05, 0) is 51.0 Å². The molecule has 0 N–H and O–H groups in total. The zero-order valence-electron chi connectivity index (χ0n) is 16.9. The zero-order valence-corrected chi connectivity index (χ0v) is 17.7. The first-order chi connectivity index (χ1) is 13.8. The van der Waals surface area contributed by atoms with E-state index in [0.717, 1.165) is 19.3 Å². The first-order valence-electron chi connectivity index (χ1n) is 9.98. The number of hydrogen-bond donors (Lipinski definition) is 0. The molecule has 3 rings (SSSR count). The Morgan fingerprint density at radius 3 is 2.21 bits per heavy atom. The van der Waals surface area contributed by atoms with Gasteiger partial charge in [-0.25, -0.2) is 13.2 Å². The maximum Gasteiger partial charge on any atom is 0.338 e. The third-order valence-corrected chi connectivity index (χ3v) is 7.05. The number of esters is 1. The van der Waals surface area contributed by atoms with E-state index in [1.807, 2.05) is 13.8 Å². The molecule has 2 fully saturated rings. The van der Waals surface area contributed by atoms with Crippen molar-refractivity contribution >= 4 is 21.9 Å². The summed E-state index contributed by atoms with van der Waals surface area (Å²) in [6, 6.07) is 5.66. The van der Waals surface area contributed by atoms with Crippen LogP contribution >= 0.6 is 0 Å². The summed E-state index contributed by atoms with van der Waals surface area (Å²) in [5.41, 5.74) is 0.208. The highest BCUT2D eigenvalue weighted by Gasteiger charge is 2.28. The highest BCUT2D eigenvalue weighted by molar-refractivity contribution is 7.89. The number of hydrogen-bond acceptors (Lipinski definition) is 6. The fourth-order valence-electron chi connectivity index (χ4n) is 3.70. The summed E-state index contributed by atoms with van der Waals surface area (Å²) >= 11 is 0. The summed E-state index contributed by atoms with van der Waals surface area (Å²) in [6.45, 7) is 5.39. The average Bonchev–Trinajstić information content (AvgIpc) is 2.71. The third-order valence-electron chi connectivity index (χ3n) is 5.14. The lowest BCUT2D eigenvalue weighted by atomic mass is 10.2. The molecule has 1 aromatic carbocycles. The predicted octanol–water partition coefficient (Wildman–Crippen LogP) is 1.65. The van der Waals surface area contributed by atoms with Crippen molar-refractivity contribution in [2.75, 3.05) is 32.8 Å². The molecule has 2 heterocycles. The fourth-order valence-corrected chi connectivity index (χ4v) is 5.22. The van der Waals surface area contributed by atoms with Crippen LogP contribution in [-0.2, 0) is 24.3 Å². The Kier molecular flexibility index (Phi) is 6.92. The smallest absolute Gasteiger partial charge is 0.338 e. The van der Waals surface area contributed by atoms with Crippen LogP contribution in [0, 0.1) is 0 Å². The first-order valence-corrected chi connectivity index (χ1v) is 11.4. The molecule has 1 amide bonds. The quantitative estimate of drug-likeness (QED) is 0.668. The minimum Gasteiger partial charge on any atom is -0.452 e. The third kappa shape index (κ3) is 5.34. The molecule has 0 bridgehead atoms. The number of amides is 1. The van der Waals surface area contributed by atoms with Crippen LogP contribution in [0.4, 0.5) is 0 Å². The number of piperidine rings is 1. The van der Waals surface area contributed by atoms with Gasteiger partial charge in [-0.2, -0.15) is 4.31 Å². The molecular formula is C20H28N2O6S. The fraction of sp³-hybridized carbons (Fsp3) is 0.600. The van der Waals surface area contributed by atoms with Gasteiger partial charge in [-0.1, -0.05) is 6.42 Å². The van der Waals surface area contributed by atoms with E-state index in [1.165, 1.54) is 28.6 Å². The highest BCUT2D eigenvalue weighted by atomic mass is 32.2. The molecule has 9 heteroatoms. The van der Waals surface area contributed by atoms with Gasteiger partial charge in [0.15, 0.2) is 6.61 Å². The van der Waals surface area contributed by atoms with Gasteiger partial charge in [-0.15, -0.1) is 0 Å². The Labute approximate surface area is 171 Å². The second-order valence-electron chi connectivity index (χ2n) is 7.62. The van der Waals surface area contributed by atoms with Crippen LogP contribution in [0.3, 0.4) is 0 Å². The van der Waals surface area contributed by atoms with Crippen molar-refractivity contribution in [3.8, 4) is 0 Å². The lowest BCUT2D eigenvalue weighted by Gasteiger charge is -2.35. The number of rotatable bonds is 5. The SMILES string of the molecule is C[C@H]1CN(C(=O)COC(=O)c2ccc(S(=O)(=O)N3CCCCC3)cc2)C[C@H](C)O1. The summed E-state index contributed by atoms with van der Waals surface area (Å²) in [6.07, 6.45) is 2.63. The first kappa shape index (κ1) is 21.7. The normalized spacial score (nSPS) is 23.6. The van der Waals surface area contributed by atoms with Crippen LogP contribution in [0.1, 0.15) is 43.5 Å². The Balaban J connectivity index is 1.57. The van der Waals surface area contributed by atoms with Crippen LogP contribution in [0.5, 0.6) is 0 Å². The number of carbonyl (C=O) groups excluding carboxylic acids is 2. The molecule has 0 radical (unpaired) electrons. The summed E-state index contributed by atoms with van der Waals surface area (Å²) in [7, 11) is -3.55. The maximum atomic E-state index is 12.7. The molecule has 0 saturated carbocycles. The van der Waals surface area contributed by atoms with Crippen molar-refractivity contribution in [3.05, 3.63) is 29.8 Å². The molecule has 2 saturated heterocycles. The molecule has 29 heavy (non-hydrogen) atoms. The van der Waals surface area contributed by atoms with Gasteiger partial charge in [-0.3, -0.25) is 4.79 Å². The van der Waals surface area contributed by atoms with Crippen molar-refractivity contribution in [1.82, 2.24) is 9.21 Å². The molecule has 0 spiro atoms. The number of benzene rings is 1. The van der Waals surface area contributed by atoms with Gasteiger partial charge in [0, 0.05) is 26.2 Å². The van der Waals surface area contributed by atoms with Crippen LogP contribution in [-0.4, -0.2) is 74.5 Å². The van der Waals surface area contributed by atoms with Crippen molar-refractivity contribution < 1.29 is 27.5 Å². The summed E-state index contributed by atoms with van der Waals surface area (Å²) in [4.78, 5) is 26.3. The largest absolute Gasteiger partial charge is 0.452 e. The molecule has 2 atom stereocenters. The lowest BCUT2D eigenvalue weighted by molar-refractivity contribution is -0.146. The van der Waals surface area contributed by atoms with Crippen LogP contribution in [0.2, 0.25) is 0 Å². The van der Waals surface area contributed by atoms with E-state index in [9.17, 15) is 18.0 Å². The van der Waals surface area contributed by atoms with Gasteiger partial charge < -0.3 is 14.4 Å². The van der Waals surface area contributed by atoms with E-state index in [0.29, 0.717) is 26.2 Å². The van der Waals surface area contributed by atoms with Gasteiger partial charge in [0.25, 0.3) is 5.91 Å². The molecule has 0 aliphatic carbocycles. The molecule has 0 aromatic heterocycles. The van der Waals surface area contributed by atoms with Crippen molar-refractivity contribution in [1.29, 1.82) is 0 Å². The van der Waals surface area contributed by atoms with E-state index in [-0.39, 0.29) is 35.2 Å². The van der Waals surface area contributed by atoms with E-state index < -0.39 is 16.0 Å². The maximum absolute atomic E-state index is 12.7. The predicted molar refractivity (Wildman–Crippen MR) is 106 cm³/mol. The monoisotopic (exact) mass is 424 g/mol. The zero-order chi connectivity index (χ0) is 21.0. The lowest BCUT2D eigenvalue weighted by Crippen LogP contribution is -2.49.